The van der Waals surface area contributed by atoms with Crippen molar-refractivity contribution in [2.75, 3.05) is 37.6 Å². The minimum absolute atomic E-state index is 0.384. The smallest absolute Gasteiger partial charge is 0.138 e. The molecule has 0 bridgehead atoms. The maximum absolute atomic E-state index is 9.93. The van der Waals surface area contributed by atoms with Crippen LogP contribution in [0.2, 0.25) is 0 Å². The second-order valence-corrected chi connectivity index (χ2v) is 5.55. The maximum atomic E-state index is 9.93. The summed E-state index contributed by atoms with van der Waals surface area (Å²) in [4.78, 5) is 4.78. The van der Waals surface area contributed by atoms with Gasteiger partial charge in [0.1, 0.15) is 5.75 Å². The maximum Gasteiger partial charge on any atom is 0.138 e. The molecule has 0 amide bonds. The molecule has 3 nitrogen and oxygen atoms in total. The van der Waals surface area contributed by atoms with Crippen molar-refractivity contribution in [3.05, 3.63) is 60.2 Å². The SMILES string of the molecule is Oc1ccccc1N1CCN(CCc2ccccc2)CC1. The van der Waals surface area contributed by atoms with E-state index in [1.165, 1.54) is 5.56 Å². The first-order valence-corrected chi connectivity index (χ1v) is 7.62. The van der Waals surface area contributed by atoms with Crippen LogP contribution in [0.1, 0.15) is 5.56 Å². The fourth-order valence-corrected chi connectivity index (χ4v) is 2.88. The van der Waals surface area contributed by atoms with E-state index in [1.807, 2.05) is 18.2 Å². The molecule has 0 aliphatic carbocycles. The van der Waals surface area contributed by atoms with E-state index in [-0.39, 0.29) is 0 Å². The summed E-state index contributed by atoms with van der Waals surface area (Å²) in [6.07, 6.45) is 1.11. The summed E-state index contributed by atoms with van der Waals surface area (Å²) in [6, 6.07) is 18.3. The van der Waals surface area contributed by atoms with E-state index in [0.717, 1.165) is 44.8 Å². The lowest BCUT2D eigenvalue weighted by Crippen LogP contribution is -2.47. The highest BCUT2D eigenvalue weighted by Crippen LogP contribution is 2.27. The summed E-state index contributed by atoms with van der Waals surface area (Å²) in [7, 11) is 0. The van der Waals surface area contributed by atoms with E-state index < -0.39 is 0 Å². The van der Waals surface area contributed by atoms with Crippen molar-refractivity contribution in [1.29, 1.82) is 0 Å². The van der Waals surface area contributed by atoms with Crippen LogP contribution in [0.5, 0.6) is 5.75 Å². The van der Waals surface area contributed by atoms with Gasteiger partial charge in [0, 0.05) is 32.7 Å². The van der Waals surface area contributed by atoms with Crippen molar-refractivity contribution in [3.8, 4) is 5.75 Å². The first-order chi connectivity index (χ1) is 10.3. The topological polar surface area (TPSA) is 26.7 Å². The Bertz CT molecular complexity index is 562. The fourth-order valence-electron chi connectivity index (χ4n) is 2.88. The number of phenols is 1. The second-order valence-electron chi connectivity index (χ2n) is 5.55. The van der Waals surface area contributed by atoms with Gasteiger partial charge in [0.2, 0.25) is 0 Å². The molecule has 2 aromatic carbocycles. The van der Waals surface area contributed by atoms with Crippen LogP contribution in [0.15, 0.2) is 54.6 Å². The number of hydrogen-bond acceptors (Lipinski definition) is 3. The zero-order valence-electron chi connectivity index (χ0n) is 12.3. The van der Waals surface area contributed by atoms with Gasteiger partial charge in [0.15, 0.2) is 0 Å². The zero-order valence-corrected chi connectivity index (χ0v) is 12.3. The summed E-state index contributed by atoms with van der Waals surface area (Å²) in [5.74, 6) is 0.384. The Labute approximate surface area is 126 Å². The van der Waals surface area contributed by atoms with Gasteiger partial charge in [-0.2, -0.15) is 0 Å². The van der Waals surface area contributed by atoms with Crippen LogP contribution in [-0.2, 0) is 6.42 Å². The normalized spacial score (nSPS) is 16.1. The number of para-hydroxylation sites is 2. The highest BCUT2D eigenvalue weighted by Gasteiger charge is 2.18. The Balaban J connectivity index is 1.50. The summed E-state index contributed by atoms with van der Waals surface area (Å²) < 4.78 is 0. The molecule has 3 rings (SSSR count). The largest absolute Gasteiger partial charge is 0.506 e. The molecule has 3 heteroatoms. The molecule has 0 unspecified atom stereocenters. The zero-order chi connectivity index (χ0) is 14.5. The van der Waals surface area contributed by atoms with Crippen LogP contribution in [0.4, 0.5) is 5.69 Å². The molecular formula is C18H22N2O. The number of phenolic OH excluding ortho intramolecular Hbond substituents is 1. The summed E-state index contributed by atoms with van der Waals surface area (Å²) >= 11 is 0. The van der Waals surface area contributed by atoms with Gasteiger partial charge in [0.25, 0.3) is 0 Å². The van der Waals surface area contributed by atoms with Crippen molar-refractivity contribution in [3.63, 3.8) is 0 Å². The molecule has 0 spiro atoms. The molecule has 1 N–H and O–H groups in total. The van der Waals surface area contributed by atoms with Crippen LogP contribution in [0.25, 0.3) is 0 Å². The van der Waals surface area contributed by atoms with E-state index in [4.69, 9.17) is 0 Å². The molecule has 110 valence electrons. The third-order valence-electron chi connectivity index (χ3n) is 4.15. The van der Waals surface area contributed by atoms with E-state index in [1.54, 1.807) is 6.07 Å². The van der Waals surface area contributed by atoms with E-state index >= 15 is 0 Å². The monoisotopic (exact) mass is 282 g/mol. The second kappa shape index (κ2) is 6.64. The Morgan fingerprint density at radius 2 is 1.48 bits per heavy atom. The summed E-state index contributed by atoms with van der Waals surface area (Å²) in [5.41, 5.74) is 2.36. The molecule has 0 radical (unpaired) electrons. The van der Waals surface area contributed by atoms with Gasteiger partial charge in [-0.15, -0.1) is 0 Å². The van der Waals surface area contributed by atoms with Gasteiger partial charge in [-0.25, -0.2) is 0 Å². The van der Waals surface area contributed by atoms with Crippen LogP contribution < -0.4 is 4.90 Å². The number of benzene rings is 2. The van der Waals surface area contributed by atoms with E-state index in [0.29, 0.717) is 5.75 Å². The molecule has 2 aromatic rings. The van der Waals surface area contributed by atoms with E-state index in [9.17, 15) is 5.11 Å². The molecule has 1 aliphatic rings. The summed E-state index contributed by atoms with van der Waals surface area (Å²) in [6.45, 7) is 5.18. The quantitative estimate of drug-likeness (QED) is 0.934. The van der Waals surface area contributed by atoms with Crippen molar-refractivity contribution in [2.45, 2.75) is 6.42 Å². The Hall–Kier alpha value is -2.00. The average molecular weight is 282 g/mol. The van der Waals surface area contributed by atoms with Gasteiger partial charge < -0.3 is 10.0 Å². The van der Waals surface area contributed by atoms with Gasteiger partial charge in [-0.05, 0) is 24.1 Å². The number of nitrogens with zero attached hydrogens (tertiary/aromatic N) is 2. The fraction of sp³-hybridized carbons (Fsp3) is 0.333. The number of anilines is 1. The first-order valence-electron chi connectivity index (χ1n) is 7.62. The molecule has 1 fully saturated rings. The number of aromatic hydroxyl groups is 1. The lowest BCUT2D eigenvalue weighted by molar-refractivity contribution is 0.260. The predicted octanol–water partition coefficient (Wildman–Crippen LogP) is 2.76. The third kappa shape index (κ3) is 3.56. The predicted molar refractivity (Wildman–Crippen MR) is 86.9 cm³/mol. The Kier molecular flexibility index (Phi) is 4.41. The van der Waals surface area contributed by atoms with Gasteiger partial charge >= 0.3 is 0 Å². The van der Waals surface area contributed by atoms with Crippen molar-refractivity contribution in [1.82, 2.24) is 4.90 Å². The van der Waals surface area contributed by atoms with Gasteiger partial charge in [0.05, 0.1) is 5.69 Å². The molecule has 21 heavy (non-hydrogen) atoms. The molecular weight excluding hydrogens is 260 g/mol. The lowest BCUT2D eigenvalue weighted by Gasteiger charge is -2.36. The van der Waals surface area contributed by atoms with Crippen molar-refractivity contribution in [2.24, 2.45) is 0 Å². The minimum Gasteiger partial charge on any atom is -0.506 e. The minimum atomic E-state index is 0.384. The molecule has 1 aliphatic heterocycles. The highest BCUT2D eigenvalue weighted by molar-refractivity contribution is 5.57. The standard InChI is InChI=1S/C18H22N2O/c21-18-9-5-4-8-17(18)20-14-12-19(13-15-20)11-10-16-6-2-1-3-7-16/h1-9,21H,10-15H2. The van der Waals surface area contributed by atoms with E-state index in [2.05, 4.69) is 40.1 Å². The van der Waals surface area contributed by atoms with Gasteiger partial charge in [-0.1, -0.05) is 42.5 Å². The van der Waals surface area contributed by atoms with Crippen LogP contribution in [0.3, 0.4) is 0 Å². The molecule has 1 heterocycles. The Morgan fingerprint density at radius 3 is 2.19 bits per heavy atom. The van der Waals surface area contributed by atoms with Gasteiger partial charge in [-0.3, -0.25) is 4.90 Å². The lowest BCUT2D eigenvalue weighted by atomic mass is 10.1. The van der Waals surface area contributed by atoms with Crippen molar-refractivity contribution < 1.29 is 5.11 Å². The molecule has 1 saturated heterocycles. The molecule has 0 saturated carbocycles. The molecule has 0 aromatic heterocycles. The van der Waals surface area contributed by atoms with Crippen LogP contribution >= 0.6 is 0 Å². The number of rotatable bonds is 4. The summed E-state index contributed by atoms with van der Waals surface area (Å²) in [5, 5.41) is 9.93. The molecule has 0 atom stereocenters. The average Bonchev–Trinajstić information content (AvgIpc) is 2.55. The van der Waals surface area contributed by atoms with Crippen LogP contribution in [-0.4, -0.2) is 42.7 Å². The first kappa shape index (κ1) is 14.0. The highest BCUT2D eigenvalue weighted by atomic mass is 16.3. The number of hydrogen-bond donors (Lipinski definition) is 1. The Morgan fingerprint density at radius 1 is 0.810 bits per heavy atom. The third-order valence-corrected chi connectivity index (χ3v) is 4.15. The number of piperazine rings is 1. The van der Waals surface area contributed by atoms with Crippen LogP contribution in [0, 0.1) is 0 Å². The van der Waals surface area contributed by atoms with Crippen molar-refractivity contribution >= 4 is 5.69 Å².